The van der Waals surface area contributed by atoms with Crippen molar-refractivity contribution in [2.45, 2.75) is 31.8 Å². The fourth-order valence-corrected chi connectivity index (χ4v) is 3.74. The van der Waals surface area contributed by atoms with Gasteiger partial charge in [-0.15, -0.1) is 11.3 Å². The molecule has 2 rings (SSSR count). The average Bonchev–Trinajstić information content (AvgIpc) is 2.79. The molecule has 3 nitrogen and oxygen atoms in total. The van der Waals surface area contributed by atoms with Gasteiger partial charge in [-0.05, 0) is 57.6 Å². The molecule has 0 amide bonds. The van der Waals surface area contributed by atoms with Crippen LogP contribution < -0.4 is 0 Å². The summed E-state index contributed by atoms with van der Waals surface area (Å²) in [6.45, 7) is 0. The zero-order valence-electron chi connectivity index (χ0n) is 10.3. The molecule has 0 saturated heterocycles. The van der Waals surface area contributed by atoms with Gasteiger partial charge in [0.05, 0.1) is 6.10 Å². The van der Waals surface area contributed by atoms with E-state index < -0.39 is 12.1 Å². The number of thiophene rings is 1. The molecule has 1 heterocycles. The summed E-state index contributed by atoms with van der Waals surface area (Å²) in [6.07, 6.45) is 1.59. The van der Waals surface area contributed by atoms with Gasteiger partial charge in [-0.3, -0.25) is 4.79 Å². The molecule has 0 saturated carbocycles. The number of fused-ring (bicyclic) bond motifs is 1. The Morgan fingerprint density at radius 1 is 1.37 bits per heavy atom. The maximum atomic E-state index is 10.4. The van der Waals surface area contributed by atoms with Crippen molar-refractivity contribution in [3.63, 3.8) is 0 Å². The molecule has 0 aliphatic heterocycles. The average molecular weight is 343 g/mol. The van der Waals surface area contributed by atoms with E-state index in [2.05, 4.69) is 15.9 Å². The number of carboxylic acids is 1. The van der Waals surface area contributed by atoms with Gasteiger partial charge in [0.2, 0.25) is 0 Å². The quantitative estimate of drug-likeness (QED) is 0.767. The van der Waals surface area contributed by atoms with E-state index in [1.54, 1.807) is 11.3 Å². The second kappa shape index (κ2) is 6.50. The predicted molar refractivity (Wildman–Crippen MR) is 80.6 cm³/mol. The number of hydrogen-bond donors (Lipinski definition) is 2. The summed E-state index contributed by atoms with van der Waals surface area (Å²) < 4.78 is 2.18. The Morgan fingerprint density at radius 2 is 2.16 bits per heavy atom. The van der Waals surface area contributed by atoms with Crippen LogP contribution in [0.15, 0.2) is 28.1 Å². The Bertz CT molecular complexity index is 579. The van der Waals surface area contributed by atoms with E-state index in [4.69, 9.17) is 5.11 Å². The third-order valence-electron chi connectivity index (χ3n) is 3.06. The minimum absolute atomic E-state index is 0.169. The van der Waals surface area contributed by atoms with Gasteiger partial charge in [0, 0.05) is 15.6 Å². The van der Waals surface area contributed by atoms with E-state index in [1.165, 1.54) is 0 Å². The zero-order valence-corrected chi connectivity index (χ0v) is 12.7. The van der Waals surface area contributed by atoms with Crippen LogP contribution >= 0.6 is 27.3 Å². The molecular formula is C14H15BrO3S. The molecule has 2 aromatic rings. The number of unbranched alkanes of at least 4 members (excludes halogenated alkanes) is 1. The van der Waals surface area contributed by atoms with Gasteiger partial charge in [-0.1, -0.05) is 12.1 Å². The van der Waals surface area contributed by atoms with E-state index in [0.717, 1.165) is 26.5 Å². The number of rotatable bonds is 6. The van der Waals surface area contributed by atoms with Crippen molar-refractivity contribution in [3.05, 3.63) is 33.6 Å². The number of benzene rings is 1. The van der Waals surface area contributed by atoms with Gasteiger partial charge in [-0.2, -0.15) is 0 Å². The van der Waals surface area contributed by atoms with Gasteiger partial charge < -0.3 is 10.2 Å². The molecule has 1 aromatic carbocycles. The maximum absolute atomic E-state index is 10.4. The molecule has 0 spiro atoms. The minimum atomic E-state index is -0.778. The molecule has 102 valence electrons. The molecule has 0 aliphatic carbocycles. The summed E-state index contributed by atoms with van der Waals surface area (Å²) in [4.78, 5) is 10.4. The Morgan fingerprint density at radius 3 is 2.89 bits per heavy atom. The normalized spacial score (nSPS) is 12.7. The number of halogens is 1. The van der Waals surface area contributed by atoms with Crippen LogP contribution in [0.2, 0.25) is 0 Å². The highest BCUT2D eigenvalue weighted by atomic mass is 79.9. The lowest BCUT2D eigenvalue weighted by atomic mass is 10.0. The minimum Gasteiger partial charge on any atom is -0.481 e. The summed E-state index contributed by atoms with van der Waals surface area (Å²) >= 11 is 5.11. The second-order valence-corrected chi connectivity index (χ2v) is 6.20. The van der Waals surface area contributed by atoms with E-state index >= 15 is 0 Å². The molecule has 0 radical (unpaired) electrons. The summed E-state index contributed by atoms with van der Waals surface area (Å²) in [6, 6.07) is 5.95. The molecule has 5 heteroatoms. The predicted octanol–water partition coefficient (Wildman–Crippen LogP) is 4.34. The summed E-state index contributed by atoms with van der Waals surface area (Å²) in [5.41, 5.74) is 0.941. The lowest BCUT2D eigenvalue weighted by Crippen LogP contribution is -1.98. The van der Waals surface area contributed by atoms with Crippen molar-refractivity contribution in [1.29, 1.82) is 0 Å². The lowest BCUT2D eigenvalue weighted by molar-refractivity contribution is -0.137. The standard InChI is InChI=1S/C14H15BrO3S/c15-11-5-3-4-9-10(8-19-14(9)11)12(16)6-1-2-7-13(17)18/h3-5,8,12,16H,1-2,6-7H2,(H,17,18). The molecule has 0 aliphatic rings. The zero-order chi connectivity index (χ0) is 13.8. The number of carboxylic acid groups (broad SMARTS) is 1. The van der Waals surface area contributed by atoms with Crippen molar-refractivity contribution in [2.75, 3.05) is 0 Å². The molecule has 0 fully saturated rings. The Kier molecular flexibility index (Phi) is 4.96. The van der Waals surface area contributed by atoms with Gasteiger partial charge in [0.25, 0.3) is 0 Å². The summed E-state index contributed by atoms with van der Waals surface area (Å²) in [5, 5.41) is 21.8. The number of aliphatic carboxylic acids is 1. The van der Waals surface area contributed by atoms with Gasteiger partial charge in [0.1, 0.15) is 0 Å². The topological polar surface area (TPSA) is 57.5 Å². The van der Waals surface area contributed by atoms with Gasteiger partial charge in [-0.25, -0.2) is 0 Å². The van der Waals surface area contributed by atoms with Crippen molar-refractivity contribution in [2.24, 2.45) is 0 Å². The molecular weight excluding hydrogens is 328 g/mol. The first-order valence-corrected chi connectivity index (χ1v) is 7.82. The smallest absolute Gasteiger partial charge is 0.303 e. The fraction of sp³-hybridized carbons (Fsp3) is 0.357. The highest BCUT2D eigenvalue weighted by Gasteiger charge is 2.14. The molecule has 2 N–H and O–H groups in total. The van der Waals surface area contributed by atoms with Crippen LogP contribution in [0.3, 0.4) is 0 Å². The Labute approximate surface area is 124 Å². The van der Waals surface area contributed by atoms with E-state index in [1.807, 2.05) is 23.6 Å². The van der Waals surface area contributed by atoms with E-state index in [9.17, 15) is 9.90 Å². The van der Waals surface area contributed by atoms with Crippen LogP contribution in [0.1, 0.15) is 37.4 Å². The van der Waals surface area contributed by atoms with Crippen LogP contribution in [-0.2, 0) is 4.79 Å². The van der Waals surface area contributed by atoms with E-state index in [0.29, 0.717) is 12.8 Å². The first-order chi connectivity index (χ1) is 9.09. The van der Waals surface area contributed by atoms with Crippen LogP contribution in [0.25, 0.3) is 10.1 Å². The van der Waals surface area contributed by atoms with Gasteiger partial charge >= 0.3 is 5.97 Å². The Hall–Kier alpha value is -0.910. The van der Waals surface area contributed by atoms with Gasteiger partial charge in [0.15, 0.2) is 0 Å². The third kappa shape index (κ3) is 3.55. The van der Waals surface area contributed by atoms with Crippen molar-refractivity contribution >= 4 is 43.3 Å². The highest BCUT2D eigenvalue weighted by Crippen LogP contribution is 2.36. The fourth-order valence-electron chi connectivity index (χ4n) is 2.07. The third-order valence-corrected chi connectivity index (χ3v) is 5.03. The summed E-state index contributed by atoms with van der Waals surface area (Å²) in [5.74, 6) is -0.778. The molecule has 19 heavy (non-hydrogen) atoms. The molecule has 1 unspecified atom stereocenters. The monoisotopic (exact) mass is 342 g/mol. The van der Waals surface area contributed by atoms with Crippen molar-refractivity contribution in [1.82, 2.24) is 0 Å². The SMILES string of the molecule is O=C(O)CCCCC(O)c1csc2c(Br)cccc12. The van der Waals surface area contributed by atoms with Crippen LogP contribution in [0, 0.1) is 0 Å². The molecule has 1 atom stereocenters. The second-order valence-electron chi connectivity index (χ2n) is 4.46. The molecule has 1 aromatic heterocycles. The maximum Gasteiger partial charge on any atom is 0.303 e. The van der Waals surface area contributed by atoms with E-state index in [-0.39, 0.29) is 6.42 Å². The number of aliphatic hydroxyl groups excluding tert-OH is 1. The lowest BCUT2D eigenvalue weighted by Gasteiger charge is -2.09. The molecule has 0 bridgehead atoms. The van der Waals surface area contributed by atoms with Crippen LogP contribution in [0.4, 0.5) is 0 Å². The Balaban J connectivity index is 2.03. The van der Waals surface area contributed by atoms with Crippen LogP contribution in [-0.4, -0.2) is 16.2 Å². The number of carbonyl (C=O) groups is 1. The summed E-state index contributed by atoms with van der Waals surface area (Å²) in [7, 11) is 0. The largest absolute Gasteiger partial charge is 0.481 e. The van der Waals surface area contributed by atoms with Crippen molar-refractivity contribution in [3.8, 4) is 0 Å². The van der Waals surface area contributed by atoms with Crippen molar-refractivity contribution < 1.29 is 15.0 Å². The van der Waals surface area contributed by atoms with Crippen LogP contribution in [0.5, 0.6) is 0 Å². The first-order valence-electron chi connectivity index (χ1n) is 6.15. The first kappa shape index (κ1) is 14.5. The highest BCUT2D eigenvalue weighted by molar-refractivity contribution is 9.10. The number of hydrogen-bond acceptors (Lipinski definition) is 3. The number of aliphatic hydroxyl groups is 1.